The first-order valence-electron chi connectivity index (χ1n) is 17.8. The smallest absolute Gasteiger partial charge is 0.412 e. The van der Waals surface area contributed by atoms with Crippen LogP contribution in [0.1, 0.15) is 157 Å². The summed E-state index contributed by atoms with van der Waals surface area (Å²) in [5, 5.41) is 18.9. The predicted octanol–water partition coefficient (Wildman–Crippen LogP) is 9.39. The molecule has 51 heavy (non-hydrogen) atoms. The summed E-state index contributed by atoms with van der Waals surface area (Å²) >= 11 is 4.21. The third kappa shape index (κ3) is 44.0. The van der Waals surface area contributed by atoms with Crippen molar-refractivity contribution >= 4 is 23.5 Å². The molecule has 0 amide bonds. The monoisotopic (exact) mass is 858 g/mol. The van der Waals surface area contributed by atoms with Crippen LogP contribution in [0.3, 0.4) is 0 Å². The average Bonchev–Trinajstić information content (AvgIpc) is 3.75. The molecule has 0 radical (unpaired) electrons. The molecule has 0 saturated heterocycles. The summed E-state index contributed by atoms with van der Waals surface area (Å²) in [4.78, 5) is 0. The fourth-order valence-corrected chi connectivity index (χ4v) is 9.38. The van der Waals surface area contributed by atoms with Crippen LogP contribution in [0.2, 0.25) is 0 Å². The number of thioether (sulfide) groups is 2. The molecule has 0 heterocycles. The zero-order chi connectivity index (χ0) is 31.1. The van der Waals surface area contributed by atoms with E-state index in [-0.39, 0.29) is 93.5 Å². The van der Waals surface area contributed by atoms with Gasteiger partial charge in [-0.25, -0.2) is 0 Å². The largest absolute Gasteiger partial charge is 2.00 e. The van der Waals surface area contributed by atoms with Gasteiger partial charge in [0.05, 0.1) is 13.2 Å². The molecular weight excluding hydrogens is 768 g/mol. The van der Waals surface area contributed by atoms with Crippen LogP contribution >= 0.6 is 23.5 Å². The Morgan fingerprint density at radius 3 is 0.941 bits per heavy atom. The fraction of sp³-hybridized carbons (Fsp3) is 0.900. The van der Waals surface area contributed by atoms with E-state index in [1.165, 1.54) is 103 Å². The Kier molecular flexibility index (Phi) is 66.1. The average molecular weight is 859 g/mol. The molecule has 4 saturated carbocycles. The van der Waals surface area contributed by atoms with Crippen LogP contribution in [0.25, 0.3) is 0 Å². The van der Waals surface area contributed by atoms with Crippen molar-refractivity contribution in [2.75, 3.05) is 39.6 Å². The maximum Gasteiger partial charge on any atom is 2.00 e. The second-order valence-corrected chi connectivity index (χ2v) is 18.9. The van der Waals surface area contributed by atoms with Gasteiger partial charge in [0.2, 0.25) is 0 Å². The maximum atomic E-state index is 8.68. The normalized spacial score (nSPS) is 21.2. The molecule has 0 aromatic heterocycles. The van der Waals surface area contributed by atoms with Gasteiger partial charge >= 0.3 is 34.1 Å². The van der Waals surface area contributed by atoms with Gasteiger partial charge in [-0.15, -0.1) is 0 Å². The summed E-state index contributed by atoms with van der Waals surface area (Å²) in [5.74, 6) is 1.45. The standard InChI is InChI=1S/2C13H26O2S.2C5H10.4CH3.2Fe.3H2O/c2*1-13(2,3)16-12-7-4-6-11(12)10-15-9-5-8-14;2*1-2-4-5-3-1;;;;;;;;;/h2*11-12,14H,4-10H2,1-3H3;2*1-5H2;4*1H3;;;3*1H2/q;;;;4*-1;2*+2;;;. The van der Waals surface area contributed by atoms with Gasteiger partial charge in [0.15, 0.2) is 0 Å². The third-order valence-electron chi connectivity index (χ3n) is 8.25. The zero-order valence-corrected chi connectivity index (χ0v) is 38.9. The number of aliphatic hydroxyl groups excluding tert-OH is 2. The van der Waals surface area contributed by atoms with Crippen LogP contribution in [0, 0.1) is 41.5 Å². The van der Waals surface area contributed by atoms with E-state index in [4.69, 9.17) is 19.7 Å². The van der Waals surface area contributed by atoms with Gasteiger partial charge in [0, 0.05) is 46.4 Å². The summed E-state index contributed by atoms with van der Waals surface area (Å²) in [5.41, 5.74) is 0. The Bertz CT molecular complexity index is 551. The van der Waals surface area contributed by atoms with Crippen LogP contribution < -0.4 is 0 Å². The van der Waals surface area contributed by atoms with Gasteiger partial charge in [-0.05, 0) is 50.4 Å². The van der Waals surface area contributed by atoms with E-state index in [1.54, 1.807) is 0 Å². The molecule has 0 aliphatic heterocycles. The number of aliphatic hydroxyl groups is 2. The Balaban J connectivity index is -0.0000000679. The van der Waals surface area contributed by atoms with Crippen molar-refractivity contribution in [1.29, 1.82) is 0 Å². The van der Waals surface area contributed by atoms with Gasteiger partial charge in [-0.3, -0.25) is 0 Å². The minimum atomic E-state index is 0. The van der Waals surface area contributed by atoms with Crippen LogP contribution in [0.15, 0.2) is 0 Å². The number of ether oxygens (including phenoxy) is 2. The fourth-order valence-electron chi connectivity index (χ4n) is 6.18. The molecule has 0 bridgehead atoms. The Morgan fingerprint density at radius 1 is 0.471 bits per heavy atom. The Labute approximate surface area is 350 Å². The second-order valence-electron chi connectivity index (χ2n) is 14.8. The van der Waals surface area contributed by atoms with E-state index >= 15 is 0 Å². The SMILES string of the molecule is C1CCCC1.C1CCCC1.CC(C)(C)SC1CCCC1COCCCO.CC(C)(C)SC1CCCC1COCCCO.O.O.O.[CH3-].[CH3-].[CH3-].[CH3-].[Fe+2].[Fe+2]. The van der Waals surface area contributed by atoms with E-state index in [1.807, 2.05) is 0 Å². The number of hydrogen-bond acceptors (Lipinski definition) is 6. The summed E-state index contributed by atoms with van der Waals surface area (Å²) < 4.78 is 12.0. The van der Waals surface area contributed by atoms with Crippen molar-refractivity contribution in [1.82, 2.24) is 0 Å². The molecule has 0 aromatic rings. The maximum absolute atomic E-state index is 8.68. The van der Waals surface area contributed by atoms with E-state index < -0.39 is 0 Å². The first kappa shape index (κ1) is 73.6. The first-order chi connectivity index (χ1) is 20.1. The molecule has 4 fully saturated rings. The van der Waals surface area contributed by atoms with E-state index in [0.717, 1.165) is 48.4 Å². The minimum Gasteiger partial charge on any atom is -0.412 e. The van der Waals surface area contributed by atoms with Gasteiger partial charge < -0.3 is 65.8 Å². The summed E-state index contributed by atoms with van der Waals surface area (Å²) in [6.07, 6.45) is 24.5. The third-order valence-corrected chi connectivity index (χ3v) is 11.5. The van der Waals surface area contributed by atoms with E-state index in [9.17, 15) is 0 Å². The quantitative estimate of drug-likeness (QED) is 0.113. The molecule has 8 N–H and O–H groups in total. The molecule has 320 valence electrons. The first-order valence-corrected chi connectivity index (χ1v) is 19.5. The van der Waals surface area contributed by atoms with Crippen molar-refractivity contribution in [2.24, 2.45) is 11.8 Å². The molecule has 11 heteroatoms. The molecule has 4 unspecified atom stereocenters. The van der Waals surface area contributed by atoms with Crippen molar-refractivity contribution in [3.8, 4) is 0 Å². The Morgan fingerprint density at radius 2 is 0.725 bits per heavy atom. The molecule has 7 nitrogen and oxygen atoms in total. The predicted molar refractivity (Wildman–Crippen MR) is 225 cm³/mol. The van der Waals surface area contributed by atoms with Crippen LogP contribution in [-0.4, -0.2) is 86.3 Å². The van der Waals surface area contributed by atoms with Crippen LogP contribution in [0.5, 0.6) is 0 Å². The number of hydrogen-bond donors (Lipinski definition) is 2. The zero-order valence-electron chi connectivity index (χ0n) is 35.0. The Hall–Kier alpha value is 1.46. The van der Waals surface area contributed by atoms with Crippen molar-refractivity contribution in [3.05, 3.63) is 29.7 Å². The van der Waals surface area contributed by atoms with E-state index in [2.05, 4.69) is 65.1 Å². The van der Waals surface area contributed by atoms with E-state index in [0.29, 0.717) is 22.7 Å². The minimum absolute atomic E-state index is 0. The molecular formula is C40H90Fe2O7S2. The summed E-state index contributed by atoms with van der Waals surface area (Å²) in [6.45, 7) is 17.4. The molecule has 4 aliphatic carbocycles. The molecule has 4 atom stereocenters. The van der Waals surface area contributed by atoms with Crippen molar-refractivity contribution in [2.45, 2.75) is 177 Å². The molecule has 0 aromatic carbocycles. The van der Waals surface area contributed by atoms with Gasteiger partial charge in [-0.2, -0.15) is 23.5 Å². The number of rotatable bonds is 12. The van der Waals surface area contributed by atoms with Crippen molar-refractivity contribution < 1.29 is 70.3 Å². The summed E-state index contributed by atoms with van der Waals surface area (Å²) in [7, 11) is 0. The molecule has 0 spiro atoms. The van der Waals surface area contributed by atoms with Crippen LogP contribution in [-0.2, 0) is 43.6 Å². The summed E-state index contributed by atoms with van der Waals surface area (Å²) in [6, 6.07) is 0. The van der Waals surface area contributed by atoms with Gasteiger partial charge in [0.25, 0.3) is 0 Å². The van der Waals surface area contributed by atoms with Crippen LogP contribution in [0.4, 0.5) is 0 Å². The second kappa shape index (κ2) is 45.8. The van der Waals surface area contributed by atoms with Gasteiger partial charge in [0.1, 0.15) is 0 Å². The topological polar surface area (TPSA) is 153 Å². The van der Waals surface area contributed by atoms with Gasteiger partial charge in [-0.1, -0.05) is 119 Å². The van der Waals surface area contributed by atoms with Crippen molar-refractivity contribution in [3.63, 3.8) is 0 Å². The molecule has 4 rings (SSSR count). The molecule has 4 aliphatic rings.